The van der Waals surface area contributed by atoms with Gasteiger partial charge in [0.2, 0.25) is 5.91 Å². The van der Waals surface area contributed by atoms with Crippen molar-refractivity contribution in [1.82, 2.24) is 19.8 Å². The van der Waals surface area contributed by atoms with Gasteiger partial charge in [-0.25, -0.2) is 4.98 Å². The molecule has 0 saturated carbocycles. The lowest BCUT2D eigenvalue weighted by atomic mass is 10.1. The largest absolute Gasteiger partial charge is 0.337 e. The van der Waals surface area contributed by atoms with Crippen molar-refractivity contribution in [3.8, 4) is 21.1 Å². The lowest BCUT2D eigenvalue weighted by molar-refractivity contribution is -0.120. The van der Waals surface area contributed by atoms with Gasteiger partial charge in [0.05, 0.1) is 15.9 Å². The minimum atomic E-state index is -0.0584. The van der Waals surface area contributed by atoms with Gasteiger partial charge in [-0.3, -0.25) is 4.79 Å². The van der Waals surface area contributed by atoms with Gasteiger partial charge in [0, 0.05) is 49.2 Å². The quantitative estimate of drug-likeness (QED) is 0.410. The monoisotopic (exact) mass is 473 g/mol. The van der Waals surface area contributed by atoms with Crippen LogP contribution in [0.15, 0.2) is 54.6 Å². The molecular formula is C27H31N5OS. The summed E-state index contributed by atoms with van der Waals surface area (Å²) < 4.78 is 0. The molecule has 1 aliphatic heterocycles. The third kappa shape index (κ3) is 4.92. The number of aryl methyl sites for hydroxylation is 1. The van der Waals surface area contributed by atoms with E-state index in [4.69, 9.17) is 4.98 Å². The molecule has 6 nitrogen and oxygen atoms in total. The highest BCUT2D eigenvalue weighted by molar-refractivity contribution is 7.18. The van der Waals surface area contributed by atoms with Crippen molar-refractivity contribution in [1.29, 1.82) is 0 Å². The second kappa shape index (κ2) is 9.70. The maximum atomic E-state index is 12.8. The van der Waals surface area contributed by atoms with Crippen LogP contribution in [-0.2, 0) is 4.79 Å². The van der Waals surface area contributed by atoms with Crippen molar-refractivity contribution in [2.24, 2.45) is 5.92 Å². The lowest BCUT2D eigenvalue weighted by Gasteiger charge is -2.33. The highest BCUT2D eigenvalue weighted by Crippen LogP contribution is 2.35. The molecule has 0 bridgehead atoms. The average molecular weight is 474 g/mol. The third-order valence-electron chi connectivity index (χ3n) is 6.54. The number of para-hydroxylation sites is 1. The minimum Gasteiger partial charge on any atom is -0.337 e. The molecule has 5 rings (SSSR count). The van der Waals surface area contributed by atoms with E-state index in [1.165, 1.54) is 5.56 Å². The number of carbonyl (C=O) groups is 1. The zero-order valence-electron chi connectivity index (χ0n) is 20.0. The number of H-pyrrole nitrogens is 1. The number of anilines is 1. The van der Waals surface area contributed by atoms with E-state index in [9.17, 15) is 4.79 Å². The van der Waals surface area contributed by atoms with Crippen molar-refractivity contribution < 1.29 is 4.79 Å². The number of hydrogen-bond acceptors (Lipinski definition) is 5. The average Bonchev–Trinajstić information content (AvgIpc) is 3.49. The van der Waals surface area contributed by atoms with Crippen LogP contribution in [0, 0.1) is 12.8 Å². The van der Waals surface area contributed by atoms with E-state index in [1.807, 2.05) is 25.1 Å². The van der Waals surface area contributed by atoms with E-state index in [2.05, 4.69) is 70.5 Å². The molecule has 0 aliphatic carbocycles. The number of likely N-dealkylation sites (N-methyl/N-ethyl adjacent to an activating group) is 1. The van der Waals surface area contributed by atoms with E-state index in [1.54, 1.807) is 11.3 Å². The zero-order chi connectivity index (χ0) is 23.7. The summed E-state index contributed by atoms with van der Waals surface area (Å²) in [6, 6.07) is 18.5. The van der Waals surface area contributed by atoms with Gasteiger partial charge in [0.1, 0.15) is 5.82 Å². The molecule has 176 valence electrons. The molecule has 7 heteroatoms. The van der Waals surface area contributed by atoms with Crippen LogP contribution in [0.4, 0.5) is 5.69 Å². The van der Waals surface area contributed by atoms with Crippen molar-refractivity contribution in [2.45, 2.75) is 13.8 Å². The van der Waals surface area contributed by atoms with Crippen LogP contribution in [0.5, 0.6) is 0 Å². The summed E-state index contributed by atoms with van der Waals surface area (Å²) in [5, 5.41) is 3.12. The predicted octanol–water partition coefficient (Wildman–Crippen LogP) is 5.09. The van der Waals surface area contributed by atoms with Gasteiger partial charge in [-0.05, 0) is 55.4 Å². The first-order valence-electron chi connectivity index (χ1n) is 11.8. The van der Waals surface area contributed by atoms with Gasteiger partial charge in [-0.15, -0.1) is 11.3 Å². The van der Waals surface area contributed by atoms with Crippen LogP contribution in [-0.4, -0.2) is 65.4 Å². The van der Waals surface area contributed by atoms with Gasteiger partial charge < -0.3 is 20.1 Å². The Morgan fingerprint density at radius 1 is 1.09 bits per heavy atom. The number of benzene rings is 2. The Morgan fingerprint density at radius 3 is 2.65 bits per heavy atom. The molecule has 1 aliphatic rings. The van der Waals surface area contributed by atoms with Crippen LogP contribution < -0.4 is 5.32 Å². The van der Waals surface area contributed by atoms with E-state index < -0.39 is 0 Å². The number of nitrogens with zero attached hydrogens (tertiary/aromatic N) is 3. The highest BCUT2D eigenvalue weighted by Gasteiger charge is 2.20. The van der Waals surface area contributed by atoms with Crippen molar-refractivity contribution >= 4 is 34.0 Å². The summed E-state index contributed by atoms with van der Waals surface area (Å²) in [6.45, 7) is 9.06. The van der Waals surface area contributed by atoms with Crippen LogP contribution in [0.3, 0.4) is 0 Å². The Balaban J connectivity index is 1.27. The molecule has 0 radical (unpaired) electrons. The molecule has 1 fully saturated rings. The third-order valence-corrected chi connectivity index (χ3v) is 7.69. The molecule has 1 unspecified atom stereocenters. The predicted molar refractivity (Wildman–Crippen MR) is 141 cm³/mol. The van der Waals surface area contributed by atoms with Gasteiger partial charge in [0.25, 0.3) is 0 Å². The molecule has 1 saturated heterocycles. The van der Waals surface area contributed by atoms with E-state index in [0.717, 1.165) is 70.6 Å². The maximum Gasteiger partial charge on any atom is 0.228 e. The summed E-state index contributed by atoms with van der Waals surface area (Å²) in [7, 11) is 2.15. The van der Waals surface area contributed by atoms with E-state index >= 15 is 0 Å². The Labute approximate surface area is 204 Å². The Hall–Kier alpha value is -3.00. The minimum absolute atomic E-state index is 0.0584. The fourth-order valence-electron chi connectivity index (χ4n) is 4.43. The first kappa shape index (κ1) is 22.8. The lowest BCUT2D eigenvalue weighted by Crippen LogP contribution is -2.47. The number of amides is 1. The Bertz CT molecular complexity index is 1300. The van der Waals surface area contributed by atoms with Gasteiger partial charge in [-0.1, -0.05) is 31.2 Å². The second-order valence-corrected chi connectivity index (χ2v) is 10.4. The SMILES string of the molecule is Cc1cccc2[nH]c(-c3ccc(-c4cccc(NC(=O)C(C)CN5CCN(C)CC5)c4)s3)nc12. The number of nitrogens with one attached hydrogen (secondary N) is 2. The molecule has 0 spiro atoms. The summed E-state index contributed by atoms with van der Waals surface area (Å²) in [4.78, 5) is 28.0. The molecule has 34 heavy (non-hydrogen) atoms. The van der Waals surface area contributed by atoms with E-state index in [0.29, 0.717) is 0 Å². The molecule has 2 aromatic carbocycles. The molecule has 4 aromatic rings. The molecular weight excluding hydrogens is 442 g/mol. The van der Waals surface area contributed by atoms with Crippen molar-refractivity contribution in [2.75, 3.05) is 45.1 Å². The number of thiophene rings is 1. The summed E-state index contributed by atoms with van der Waals surface area (Å²) in [5.41, 5.74) is 5.17. The summed E-state index contributed by atoms with van der Waals surface area (Å²) >= 11 is 1.70. The van der Waals surface area contributed by atoms with Crippen molar-refractivity contribution in [3.63, 3.8) is 0 Å². The maximum absolute atomic E-state index is 12.8. The number of piperazine rings is 1. The van der Waals surface area contributed by atoms with E-state index in [-0.39, 0.29) is 11.8 Å². The number of aromatic nitrogens is 2. The topological polar surface area (TPSA) is 64.3 Å². The summed E-state index contributed by atoms with van der Waals surface area (Å²) in [6.07, 6.45) is 0. The Morgan fingerprint density at radius 2 is 1.85 bits per heavy atom. The fraction of sp³-hybridized carbons (Fsp3) is 0.333. The second-order valence-electron chi connectivity index (χ2n) is 9.30. The van der Waals surface area contributed by atoms with Crippen LogP contribution in [0.2, 0.25) is 0 Å². The first-order chi connectivity index (χ1) is 16.5. The molecule has 1 amide bonds. The standard InChI is InChI=1S/C27H31N5OS/c1-18-6-4-9-22-25(18)30-26(29-22)24-11-10-23(34-24)20-7-5-8-21(16-20)28-27(33)19(2)17-32-14-12-31(3)13-15-32/h4-11,16,19H,12-15,17H2,1-3H3,(H,28,33)(H,29,30). The van der Waals surface area contributed by atoms with Gasteiger partial charge in [-0.2, -0.15) is 0 Å². The number of hydrogen-bond donors (Lipinski definition) is 2. The number of aromatic amines is 1. The van der Waals surface area contributed by atoms with Crippen LogP contribution in [0.1, 0.15) is 12.5 Å². The summed E-state index contributed by atoms with van der Waals surface area (Å²) in [5.74, 6) is 0.903. The zero-order valence-corrected chi connectivity index (χ0v) is 20.8. The van der Waals surface area contributed by atoms with Crippen LogP contribution >= 0.6 is 11.3 Å². The molecule has 1 atom stereocenters. The number of rotatable bonds is 6. The fourth-order valence-corrected chi connectivity index (χ4v) is 5.38. The Kier molecular flexibility index (Phi) is 6.50. The first-order valence-corrected chi connectivity index (χ1v) is 12.7. The molecule has 2 aromatic heterocycles. The smallest absolute Gasteiger partial charge is 0.228 e. The highest BCUT2D eigenvalue weighted by atomic mass is 32.1. The van der Waals surface area contributed by atoms with Gasteiger partial charge in [0.15, 0.2) is 0 Å². The molecule has 2 N–H and O–H groups in total. The number of fused-ring (bicyclic) bond motifs is 1. The van der Waals surface area contributed by atoms with Crippen molar-refractivity contribution in [3.05, 3.63) is 60.2 Å². The molecule has 3 heterocycles. The van der Waals surface area contributed by atoms with Crippen LogP contribution in [0.25, 0.3) is 32.2 Å². The number of imidazole rings is 1. The number of carbonyl (C=O) groups excluding carboxylic acids is 1. The normalized spacial score (nSPS) is 16.1. The van der Waals surface area contributed by atoms with Gasteiger partial charge >= 0.3 is 0 Å².